The number of anilines is 1. The molecule has 2 rings (SSSR count). The minimum absolute atomic E-state index is 0.0345. The Bertz CT molecular complexity index is 491. The summed E-state index contributed by atoms with van der Waals surface area (Å²) < 4.78 is 6.19. The van der Waals surface area contributed by atoms with Crippen LogP contribution in [0.25, 0.3) is 0 Å². The number of nitrogens with two attached hydrogens (primary N) is 1. The third kappa shape index (κ3) is 3.09. The SMILES string of the molecule is COC1CCCN(C(=O)c2cc(Br)cc(N)c2C)C1. The molecule has 0 bridgehead atoms. The van der Waals surface area contributed by atoms with Crippen molar-refractivity contribution in [1.82, 2.24) is 4.90 Å². The van der Waals surface area contributed by atoms with Crippen LogP contribution >= 0.6 is 15.9 Å². The smallest absolute Gasteiger partial charge is 0.254 e. The lowest BCUT2D eigenvalue weighted by Crippen LogP contribution is -2.43. The molecule has 104 valence electrons. The van der Waals surface area contributed by atoms with Crippen molar-refractivity contribution in [2.24, 2.45) is 0 Å². The maximum absolute atomic E-state index is 12.6. The Morgan fingerprint density at radius 1 is 1.53 bits per heavy atom. The number of amides is 1. The zero-order chi connectivity index (χ0) is 14.0. The van der Waals surface area contributed by atoms with Crippen molar-refractivity contribution in [3.05, 3.63) is 27.7 Å². The van der Waals surface area contributed by atoms with Crippen LogP contribution in [0.3, 0.4) is 0 Å². The van der Waals surface area contributed by atoms with Crippen molar-refractivity contribution in [1.29, 1.82) is 0 Å². The van der Waals surface area contributed by atoms with Crippen LogP contribution in [-0.2, 0) is 4.74 Å². The third-order valence-corrected chi connectivity index (χ3v) is 4.10. The second-order valence-electron chi connectivity index (χ2n) is 4.92. The summed E-state index contributed by atoms with van der Waals surface area (Å²) in [5, 5.41) is 0. The Morgan fingerprint density at radius 2 is 2.26 bits per heavy atom. The minimum atomic E-state index is 0.0345. The lowest BCUT2D eigenvalue weighted by atomic mass is 10.0. The number of ether oxygens (including phenoxy) is 1. The number of halogens is 1. The Balaban J connectivity index is 2.24. The first-order valence-electron chi connectivity index (χ1n) is 6.40. The predicted molar refractivity (Wildman–Crippen MR) is 79.2 cm³/mol. The first-order valence-corrected chi connectivity index (χ1v) is 7.20. The highest BCUT2D eigenvalue weighted by atomic mass is 79.9. The first kappa shape index (κ1) is 14.3. The molecule has 1 atom stereocenters. The van der Waals surface area contributed by atoms with Gasteiger partial charge in [-0.2, -0.15) is 0 Å². The van der Waals surface area contributed by atoms with E-state index in [0.717, 1.165) is 29.4 Å². The zero-order valence-corrected chi connectivity index (χ0v) is 12.9. The van der Waals surface area contributed by atoms with Gasteiger partial charge in [-0.3, -0.25) is 4.79 Å². The summed E-state index contributed by atoms with van der Waals surface area (Å²) in [4.78, 5) is 14.4. The van der Waals surface area contributed by atoms with Gasteiger partial charge in [-0.25, -0.2) is 0 Å². The first-order chi connectivity index (χ1) is 9.02. The van der Waals surface area contributed by atoms with Crippen LogP contribution in [0, 0.1) is 6.92 Å². The molecule has 4 nitrogen and oxygen atoms in total. The van der Waals surface area contributed by atoms with E-state index in [9.17, 15) is 4.79 Å². The van der Waals surface area contributed by atoms with E-state index in [4.69, 9.17) is 10.5 Å². The molecule has 1 heterocycles. The highest BCUT2D eigenvalue weighted by Gasteiger charge is 2.25. The minimum Gasteiger partial charge on any atom is -0.398 e. The summed E-state index contributed by atoms with van der Waals surface area (Å²) in [7, 11) is 1.70. The molecule has 0 aromatic heterocycles. The van der Waals surface area contributed by atoms with Crippen molar-refractivity contribution in [3.8, 4) is 0 Å². The second kappa shape index (κ2) is 5.92. The summed E-state index contributed by atoms with van der Waals surface area (Å²) in [5.41, 5.74) is 8.06. The lowest BCUT2D eigenvalue weighted by molar-refractivity contribution is 0.0268. The molecular formula is C14H19BrN2O2. The van der Waals surface area contributed by atoms with E-state index in [1.807, 2.05) is 24.0 Å². The molecule has 1 fully saturated rings. The molecule has 5 heteroatoms. The summed E-state index contributed by atoms with van der Waals surface area (Å²) in [6.07, 6.45) is 2.13. The normalized spacial score (nSPS) is 19.5. The van der Waals surface area contributed by atoms with Gasteiger partial charge in [0.25, 0.3) is 5.91 Å². The van der Waals surface area contributed by atoms with Gasteiger partial charge >= 0.3 is 0 Å². The van der Waals surface area contributed by atoms with Crippen LogP contribution in [0.4, 0.5) is 5.69 Å². The van der Waals surface area contributed by atoms with Crippen molar-refractivity contribution in [2.75, 3.05) is 25.9 Å². The largest absolute Gasteiger partial charge is 0.398 e. The molecule has 1 amide bonds. The molecule has 1 aliphatic rings. The van der Waals surface area contributed by atoms with Crippen LogP contribution in [0.5, 0.6) is 0 Å². The summed E-state index contributed by atoms with van der Waals surface area (Å²) in [6, 6.07) is 3.66. The number of hydrogen-bond donors (Lipinski definition) is 1. The van der Waals surface area contributed by atoms with Gasteiger partial charge in [-0.1, -0.05) is 15.9 Å². The molecule has 1 aromatic rings. The lowest BCUT2D eigenvalue weighted by Gasteiger charge is -2.32. The molecule has 1 unspecified atom stereocenters. The number of benzene rings is 1. The number of likely N-dealkylation sites (tertiary alicyclic amines) is 1. The van der Waals surface area contributed by atoms with Crippen LogP contribution in [0.15, 0.2) is 16.6 Å². The third-order valence-electron chi connectivity index (χ3n) is 3.64. The average Bonchev–Trinajstić information content (AvgIpc) is 2.42. The van der Waals surface area contributed by atoms with Crippen LogP contribution < -0.4 is 5.73 Å². The van der Waals surface area contributed by atoms with Gasteiger partial charge in [-0.15, -0.1) is 0 Å². The van der Waals surface area contributed by atoms with E-state index in [-0.39, 0.29) is 12.0 Å². The maximum Gasteiger partial charge on any atom is 0.254 e. The molecule has 0 radical (unpaired) electrons. The molecule has 1 aliphatic heterocycles. The fourth-order valence-electron chi connectivity index (χ4n) is 2.41. The highest BCUT2D eigenvalue weighted by molar-refractivity contribution is 9.10. The van der Waals surface area contributed by atoms with E-state index in [0.29, 0.717) is 17.8 Å². The van der Waals surface area contributed by atoms with Crippen LogP contribution in [0.1, 0.15) is 28.8 Å². The van der Waals surface area contributed by atoms with E-state index in [1.54, 1.807) is 7.11 Å². The number of piperidine rings is 1. The quantitative estimate of drug-likeness (QED) is 0.850. The van der Waals surface area contributed by atoms with Crippen molar-refractivity contribution >= 4 is 27.5 Å². The molecule has 19 heavy (non-hydrogen) atoms. The van der Waals surface area contributed by atoms with Gasteiger partial charge in [0.2, 0.25) is 0 Å². The van der Waals surface area contributed by atoms with Crippen molar-refractivity contribution in [3.63, 3.8) is 0 Å². The van der Waals surface area contributed by atoms with Gasteiger partial charge in [0.15, 0.2) is 0 Å². The summed E-state index contributed by atoms with van der Waals surface area (Å²) in [6.45, 7) is 3.32. The topological polar surface area (TPSA) is 55.6 Å². The summed E-state index contributed by atoms with van der Waals surface area (Å²) in [5.74, 6) is 0.0345. The molecule has 0 saturated carbocycles. The van der Waals surface area contributed by atoms with Gasteiger partial charge in [-0.05, 0) is 37.5 Å². The number of hydrogen-bond acceptors (Lipinski definition) is 3. The van der Waals surface area contributed by atoms with Gasteiger partial charge in [0, 0.05) is 35.9 Å². The van der Waals surface area contributed by atoms with E-state index < -0.39 is 0 Å². The fraction of sp³-hybridized carbons (Fsp3) is 0.500. The Hall–Kier alpha value is -1.07. The van der Waals surface area contributed by atoms with Crippen LogP contribution in [0.2, 0.25) is 0 Å². The predicted octanol–water partition coefficient (Wildman–Crippen LogP) is 2.59. The monoisotopic (exact) mass is 326 g/mol. The van der Waals surface area contributed by atoms with Gasteiger partial charge in [0.05, 0.1) is 6.10 Å². The molecule has 0 aliphatic carbocycles. The number of carbonyl (C=O) groups is 1. The Labute approximate surface area is 122 Å². The number of methoxy groups -OCH3 is 1. The Kier molecular flexibility index (Phi) is 4.47. The molecule has 1 aromatic carbocycles. The maximum atomic E-state index is 12.6. The van der Waals surface area contributed by atoms with Crippen molar-refractivity contribution in [2.45, 2.75) is 25.9 Å². The van der Waals surface area contributed by atoms with Crippen molar-refractivity contribution < 1.29 is 9.53 Å². The number of rotatable bonds is 2. The van der Waals surface area contributed by atoms with E-state index in [1.165, 1.54) is 0 Å². The summed E-state index contributed by atoms with van der Waals surface area (Å²) >= 11 is 3.39. The second-order valence-corrected chi connectivity index (χ2v) is 5.83. The molecule has 0 spiro atoms. The highest BCUT2D eigenvalue weighted by Crippen LogP contribution is 2.25. The van der Waals surface area contributed by atoms with Crippen LogP contribution in [-0.4, -0.2) is 37.1 Å². The number of nitrogen functional groups attached to an aromatic ring is 1. The number of carbonyl (C=O) groups excluding carboxylic acids is 1. The van der Waals surface area contributed by atoms with Gasteiger partial charge in [0.1, 0.15) is 0 Å². The Morgan fingerprint density at radius 3 is 2.95 bits per heavy atom. The molecule has 2 N–H and O–H groups in total. The van der Waals surface area contributed by atoms with E-state index in [2.05, 4.69) is 15.9 Å². The fourth-order valence-corrected chi connectivity index (χ4v) is 2.88. The van der Waals surface area contributed by atoms with E-state index >= 15 is 0 Å². The standard InChI is InChI=1S/C14H19BrN2O2/c1-9-12(6-10(15)7-13(9)16)14(18)17-5-3-4-11(8-17)19-2/h6-7,11H,3-5,8,16H2,1-2H3. The molecule has 1 saturated heterocycles. The average molecular weight is 327 g/mol. The zero-order valence-electron chi connectivity index (χ0n) is 11.3. The van der Waals surface area contributed by atoms with Gasteiger partial charge < -0.3 is 15.4 Å². The number of nitrogens with zero attached hydrogens (tertiary/aromatic N) is 1. The molecular weight excluding hydrogens is 308 g/mol.